The number of nitrogens with zero attached hydrogens (tertiary/aromatic N) is 5. The molecule has 3 fully saturated rings. The minimum absolute atomic E-state index is 0.108. The van der Waals surface area contributed by atoms with E-state index in [2.05, 4.69) is 15.1 Å². The van der Waals surface area contributed by atoms with Crippen molar-refractivity contribution in [3.05, 3.63) is 11.5 Å². The molecule has 0 bridgehead atoms. The number of fused-ring (bicyclic) bond motifs is 2. The summed E-state index contributed by atoms with van der Waals surface area (Å²) in [7, 11) is -6.77. The molecular formula is C27H41ClN5O8PS. The SMILES string of the molecule is C[C@@H](P(C)(C)=O)S(=O)(=O)C[C@H]1O[C@@H](n2ncc3c(N(C(=O)OC(C)(C)C)C4CCCC4)nc(Cl)nc32)[C@@H]2OC(C)(C)O[C@@H]21. The minimum atomic E-state index is -3.83. The van der Waals surface area contributed by atoms with E-state index in [0.29, 0.717) is 5.39 Å². The van der Waals surface area contributed by atoms with Crippen LogP contribution in [0, 0.1) is 0 Å². The maximum Gasteiger partial charge on any atom is 0.416 e. The highest BCUT2D eigenvalue weighted by Gasteiger charge is 2.58. The van der Waals surface area contributed by atoms with Gasteiger partial charge in [0.2, 0.25) is 5.28 Å². The Morgan fingerprint density at radius 2 is 1.84 bits per heavy atom. The predicted octanol–water partition coefficient (Wildman–Crippen LogP) is 4.96. The third-order valence-corrected chi connectivity index (χ3v) is 14.3. The predicted molar refractivity (Wildman–Crippen MR) is 162 cm³/mol. The van der Waals surface area contributed by atoms with Crippen molar-refractivity contribution in [2.45, 2.75) is 114 Å². The van der Waals surface area contributed by atoms with Crippen molar-refractivity contribution in [3.8, 4) is 0 Å². The smallest absolute Gasteiger partial charge is 0.416 e. The van der Waals surface area contributed by atoms with Gasteiger partial charge in [0.05, 0.1) is 24.5 Å². The molecule has 2 aromatic heterocycles. The van der Waals surface area contributed by atoms with Crippen molar-refractivity contribution >= 4 is 51.5 Å². The molecule has 240 valence electrons. The van der Waals surface area contributed by atoms with Gasteiger partial charge in [-0.25, -0.2) is 17.9 Å². The number of carbonyl (C=O) groups is 1. The standard InChI is InChI=1S/C27H41ClN5O8PS/c1-15(42(7,8)35)43(36,37)14-18-19-20(40-27(5,6)39-19)23(38-18)33-22-17(13-29-33)21(30-24(28)31-22)32(16-11-9-10-12-16)25(34)41-26(2,3)4/h13,15-16,18-20,23H,9-12,14H2,1-8H3/t15-,18+,19+,20+,23+/m0/s1. The van der Waals surface area contributed by atoms with E-state index >= 15 is 0 Å². The van der Waals surface area contributed by atoms with Gasteiger partial charge in [0.15, 0.2) is 33.3 Å². The van der Waals surface area contributed by atoms with Crippen LogP contribution in [0.1, 0.15) is 73.5 Å². The van der Waals surface area contributed by atoms with Gasteiger partial charge >= 0.3 is 6.09 Å². The number of hydrogen-bond acceptors (Lipinski definition) is 11. The van der Waals surface area contributed by atoms with Gasteiger partial charge < -0.3 is 23.5 Å². The van der Waals surface area contributed by atoms with Crippen LogP contribution >= 0.6 is 18.7 Å². The molecule has 1 aliphatic carbocycles. The van der Waals surface area contributed by atoms with Gasteiger partial charge in [0, 0.05) is 6.04 Å². The number of hydrogen-bond donors (Lipinski definition) is 0. The molecule has 4 heterocycles. The average molecular weight is 662 g/mol. The number of aromatic nitrogens is 4. The second-order valence-electron chi connectivity index (χ2n) is 13.4. The van der Waals surface area contributed by atoms with Crippen LogP contribution in [0.5, 0.6) is 0 Å². The molecule has 5 rings (SSSR count). The summed E-state index contributed by atoms with van der Waals surface area (Å²) in [5, 5.41) is 4.90. The molecule has 43 heavy (non-hydrogen) atoms. The first kappa shape index (κ1) is 32.6. The van der Waals surface area contributed by atoms with Crippen LogP contribution in [0.15, 0.2) is 6.20 Å². The topological polar surface area (TPSA) is 152 Å². The van der Waals surface area contributed by atoms with E-state index in [1.807, 2.05) is 0 Å². The van der Waals surface area contributed by atoms with E-state index in [4.69, 9.17) is 30.5 Å². The van der Waals surface area contributed by atoms with Crippen molar-refractivity contribution in [2.75, 3.05) is 24.0 Å². The molecule has 1 saturated carbocycles. The second kappa shape index (κ2) is 11.2. The molecule has 1 amide bonds. The molecule has 2 aromatic rings. The summed E-state index contributed by atoms with van der Waals surface area (Å²) in [5.41, 5.74) is -0.453. The average Bonchev–Trinajstić information content (AvgIpc) is 3.62. The van der Waals surface area contributed by atoms with Crippen molar-refractivity contribution in [1.29, 1.82) is 0 Å². The lowest BCUT2D eigenvalue weighted by Gasteiger charge is -2.31. The number of anilines is 1. The monoisotopic (exact) mass is 661 g/mol. The lowest BCUT2D eigenvalue weighted by molar-refractivity contribution is -0.195. The lowest BCUT2D eigenvalue weighted by atomic mass is 10.1. The first-order chi connectivity index (χ1) is 19.8. The Morgan fingerprint density at radius 3 is 2.44 bits per heavy atom. The van der Waals surface area contributed by atoms with Crippen LogP contribution in [-0.2, 0) is 33.3 Å². The minimum Gasteiger partial charge on any atom is -0.443 e. The van der Waals surface area contributed by atoms with Gasteiger partial charge in [-0.3, -0.25) is 4.90 Å². The van der Waals surface area contributed by atoms with Crippen molar-refractivity contribution < 1.29 is 36.7 Å². The molecule has 0 aromatic carbocycles. The molecule has 2 saturated heterocycles. The normalized spacial score (nSPS) is 27.0. The molecule has 3 aliphatic rings. The Kier molecular flexibility index (Phi) is 8.48. The summed E-state index contributed by atoms with van der Waals surface area (Å²) in [6, 6.07) is -0.142. The van der Waals surface area contributed by atoms with Crippen LogP contribution < -0.4 is 4.90 Å². The number of ether oxygens (including phenoxy) is 4. The second-order valence-corrected chi connectivity index (χ2v) is 20.1. The van der Waals surface area contributed by atoms with E-state index in [9.17, 15) is 17.8 Å². The van der Waals surface area contributed by atoms with Gasteiger partial charge in [-0.2, -0.15) is 15.1 Å². The largest absolute Gasteiger partial charge is 0.443 e. The zero-order valence-electron chi connectivity index (χ0n) is 25.8. The van der Waals surface area contributed by atoms with Gasteiger partial charge in [0.25, 0.3) is 0 Å². The molecule has 0 N–H and O–H groups in total. The Bertz CT molecular complexity index is 1550. The summed E-state index contributed by atoms with van der Waals surface area (Å²) >= 11 is 6.45. The van der Waals surface area contributed by atoms with E-state index in [-0.39, 0.29) is 22.8 Å². The molecule has 0 unspecified atom stereocenters. The Hall–Kier alpha value is -1.83. The molecular weight excluding hydrogens is 621 g/mol. The maximum absolute atomic E-state index is 13.5. The first-order valence-electron chi connectivity index (χ1n) is 14.5. The molecule has 13 nitrogen and oxygen atoms in total. The highest BCUT2D eigenvalue weighted by atomic mass is 35.5. The van der Waals surface area contributed by atoms with Gasteiger partial charge in [-0.15, -0.1) is 0 Å². The summed E-state index contributed by atoms with van der Waals surface area (Å²) < 4.78 is 65.1. The van der Waals surface area contributed by atoms with E-state index < -0.39 is 69.7 Å². The van der Waals surface area contributed by atoms with Crippen molar-refractivity contribution in [3.63, 3.8) is 0 Å². The van der Waals surface area contributed by atoms with Crippen LogP contribution in [0.25, 0.3) is 11.0 Å². The van der Waals surface area contributed by atoms with Gasteiger partial charge in [-0.1, -0.05) is 12.8 Å². The van der Waals surface area contributed by atoms with E-state index in [1.54, 1.807) is 39.5 Å². The fraction of sp³-hybridized carbons (Fsp3) is 0.778. The molecule has 5 atom stereocenters. The Labute approximate surface area is 257 Å². The summed E-state index contributed by atoms with van der Waals surface area (Å²) in [5.74, 6) is -1.16. The number of halogens is 1. The Morgan fingerprint density at radius 1 is 1.21 bits per heavy atom. The van der Waals surface area contributed by atoms with Crippen LogP contribution in [0.4, 0.5) is 10.6 Å². The zero-order valence-corrected chi connectivity index (χ0v) is 28.3. The molecule has 2 aliphatic heterocycles. The number of sulfone groups is 1. The first-order valence-corrected chi connectivity index (χ1v) is 19.2. The van der Waals surface area contributed by atoms with Crippen molar-refractivity contribution in [2.24, 2.45) is 0 Å². The molecule has 0 radical (unpaired) electrons. The van der Waals surface area contributed by atoms with Crippen molar-refractivity contribution in [1.82, 2.24) is 19.7 Å². The lowest BCUT2D eigenvalue weighted by Crippen LogP contribution is -2.43. The number of rotatable bonds is 7. The highest BCUT2D eigenvalue weighted by Crippen LogP contribution is 2.48. The Balaban J connectivity index is 1.55. The van der Waals surface area contributed by atoms with Crippen LogP contribution in [-0.4, -0.2) is 94.1 Å². The van der Waals surface area contributed by atoms with Gasteiger partial charge in [-0.05, 0) is 79.3 Å². The zero-order chi connectivity index (χ0) is 31.7. The maximum atomic E-state index is 13.5. The summed E-state index contributed by atoms with van der Waals surface area (Å²) in [6.07, 6.45) is 1.13. The molecule has 0 spiro atoms. The van der Waals surface area contributed by atoms with Gasteiger partial charge in [0.1, 0.15) is 28.9 Å². The summed E-state index contributed by atoms with van der Waals surface area (Å²) in [4.78, 5) is 22.9. The third kappa shape index (κ3) is 6.60. The molecule has 16 heteroatoms. The van der Waals surface area contributed by atoms with E-state index in [1.165, 1.54) is 31.1 Å². The third-order valence-electron chi connectivity index (χ3n) is 8.07. The number of amides is 1. The fourth-order valence-corrected chi connectivity index (χ4v) is 10.4. The fourth-order valence-electron chi connectivity index (χ4n) is 5.88. The van der Waals surface area contributed by atoms with E-state index in [0.717, 1.165) is 25.7 Å². The number of carbonyl (C=O) groups excluding carboxylic acids is 1. The summed E-state index contributed by atoms with van der Waals surface area (Å²) in [6.45, 7) is 13.2. The highest BCUT2D eigenvalue weighted by molar-refractivity contribution is 7.99. The quantitative estimate of drug-likeness (QED) is 0.292. The van der Waals surface area contributed by atoms with Crippen LogP contribution in [0.3, 0.4) is 0 Å². The van der Waals surface area contributed by atoms with Crippen LogP contribution in [0.2, 0.25) is 5.28 Å².